The maximum absolute atomic E-state index is 17.0. The standard InChI is InChI=1S/C36H40ClF4N9O/c1-21-9-7-10-24(29(21)37)28-26(36(39,40)41)18-25-31(30(28)38)43-34(48-19-35(2,20-48)47(5)6)32-33(25)50(45-44-32)23-13-16-49(22(17-23)12-14-42)27(51)11-8-15-46(3)4/h7-11,18,22-23H,12-13,15-17,19-20H2,1-6H3/b11-8+/t22-,23+/m1/s1. The highest BCUT2D eigenvalue weighted by Crippen LogP contribution is 2.47. The highest BCUT2D eigenvalue weighted by Gasteiger charge is 2.44. The van der Waals surface area contributed by atoms with Crippen LogP contribution >= 0.6 is 11.6 Å². The molecular weight excluding hydrogens is 686 g/mol. The molecular formula is C36H40ClF4N9O. The molecule has 4 aromatic rings. The Morgan fingerprint density at radius 2 is 1.92 bits per heavy atom. The van der Waals surface area contributed by atoms with Crippen molar-refractivity contribution in [1.82, 2.24) is 34.7 Å². The number of halogens is 5. The molecule has 2 fully saturated rings. The van der Waals surface area contributed by atoms with Crippen LogP contribution in [0.15, 0.2) is 36.4 Å². The smallest absolute Gasteiger partial charge is 0.351 e. The van der Waals surface area contributed by atoms with Crippen LogP contribution in [0.4, 0.5) is 23.4 Å². The molecule has 15 heteroatoms. The van der Waals surface area contributed by atoms with Gasteiger partial charge < -0.3 is 19.6 Å². The number of aryl methyl sites for hydroxylation is 1. The van der Waals surface area contributed by atoms with Crippen molar-refractivity contribution in [3.63, 3.8) is 0 Å². The van der Waals surface area contributed by atoms with Crippen LogP contribution in [-0.4, -0.2) is 107 Å². The normalized spacial score (nSPS) is 19.5. The number of piperidine rings is 1. The van der Waals surface area contributed by atoms with Gasteiger partial charge >= 0.3 is 6.18 Å². The van der Waals surface area contributed by atoms with Crippen molar-refractivity contribution in [1.29, 1.82) is 5.26 Å². The monoisotopic (exact) mass is 725 g/mol. The van der Waals surface area contributed by atoms with Crippen LogP contribution in [0.25, 0.3) is 33.1 Å². The molecule has 2 aliphatic heterocycles. The molecule has 2 aromatic carbocycles. The van der Waals surface area contributed by atoms with Gasteiger partial charge in [-0.1, -0.05) is 41.1 Å². The summed E-state index contributed by atoms with van der Waals surface area (Å²) in [5, 5.41) is 18.5. The van der Waals surface area contributed by atoms with Gasteiger partial charge in [-0.25, -0.2) is 14.1 Å². The summed E-state index contributed by atoms with van der Waals surface area (Å²) in [5.41, 5.74) is -1.47. The Morgan fingerprint density at radius 3 is 2.57 bits per heavy atom. The van der Waals surface area contributed by atoms with Gasteiger partial charge in [-0.3, -0.25) is 4.79 Å². The number of pyridine rings is 1. The van der Waals surface area contributed by atoms with Crippen molar-refractivity contribution >= 4 is 45.3 Å². The fourth-order valence-corrected chi connectivity index (χ4v) is 7.32. The maximum Gasteiger partial charge on any atom is 0.417 e. The van der Waals surface area contributed by atoms with E-state index < -0.39 is 35.2 Å². The predicted octanol–water partition coefficient (Wildman–Crippen LogP) is 6.47. The van der Waals surface area contributed by atoms with E-state index in [1.807, 2.05) is 38.0 Å². The van der Waals surface area contributed by atoms with Crippen LogP contribution in [0.1, 0.15) is 43.4 Å². The number of benzene rings is 2. The molecule has 0 spiro atoms. The number of hydrogen-bond donors (Lipinski definition) is 0. The van der Waals surface area contributed by atoms with Gasteiger partial charge in [0.2, 0.25) is 5.91 Å². The number of anilines is 1. The first-order chi connectivity index (χ1) is 24.1. The Hall–Kier alpha value is -4.32. The lowest BCUT2D eigenvalue weighted by atomic mass is 9.90. The number of carbonyl (C=O) groups excluding carboxylic acids is 1. The summed E-state index contributed by atoms with van der Waals surface area (Å²) in [6.45, 7) is 5.61. The molecule has 1 amide bonds. The molecule has 0 N–H and O–H groups in total. The molecule has 2 saturated heterocycles. The van der Waals surface area contributed by atoms with Gasteiger partial charge in [0.1, 0.15) is 11.0 Å². The lowest BCUT2D eigenvalue weighted by Crippen LogP contribution is -2.67. The van der Waals surface area contributed by atoms with Gasteiger partial charge in [-0.05, 0) is 66.5 Å². The van der Waals surface area contributed by atoms with Crippen molar-refractivity contribution in [3.05, 3.63) is 58.4 Å². The first-order valence-corrected chi connectivity index (χ1v) is 17.1. The summed E-state index contributed by atoms with van der Waals surface area (Å²) in [4.78, 5) is 25.4. The number of aromatic nitrogens is 4. The molecule has 0 radical (unpaired) electrons. The van der Waals surface area contributed by atoms with Crippen LogP contribution in [0.2, 0.25) is 5.02 Å². The summed E-state index contributed by atoms with van der Waals surface area (Å²) in [7, 11) is 7.69. The fraction of sp³-hybridized carbons (Fsp3) is 0.472. The minimum absolute atomic E-state index is 0.0140. The highest BCUT2D eigenvalue weighted by molar-refractivity contribution is 6.34. The van der Waals surface area contributed by atoms with E-state index in [0.29, 0.717) is 43.9 Å². The minimum Gasteiger partial charge on any atom is -0.351 e. The zero-order valence-electron chi connectivity index (χ0n) is 29.4. The lowest BCUT2D eigenvalue weighted by molar-refractivity contribution is -0.137. The molecule has 2 aliphatic rings. The summed E-state index contributed by atoms with van der Waals surface area (Å²) >= 11 is 6.52. The Balaban J connectivity index is 1.54. The first-order valence-electron chi connectivity index (χ1n) is 16.7. The molecule has 270 valence electrons. The Morgan fingerprint density at radius 1 is 1.20 bits per heavy atom. The minimum atomic E-state index is -4.95. The third kappa shape index (κ3) is 6.63. The first kappa shape index (κ1) is 36.5. The number of alkyl halides is 3. The number of nitrogens with zero attached hydrogens (tertiary/aromatic N) is 9. The molecule has 0 bridgehead atoms. The topological polar surface area (TPSA) is 97.4 Å². The second-order valence-electron chi connectivity index (χ2n) is 14.2. The third-order valence-electron chi connectivity index (χ3n) is 10.2. The van der Waals surface area contributed by atoms with Crippen molar-refractivity contribution in [3.8, 4) is 17.2 Å². The number of likely N-dealkylation sites (N-methyl/N-ethyl adjacent to an activating group) is 2. The van der Waals surface area contributed by atoms with E-state index in [9.17, 15) is 23.2 Å². The van der Waals surface area contributed by atoms with E-state index in [-0.39, 0.29) is 56.9 Å². The summed E-state index contributed by atoms with van der Waals surface area (Å²) < 4.78 is 63.3. The van der Waals surface area contributed by atoms with Crippen LogP contribution in [0.3, 0.4) is 0 Å². The quantitative estimate of drug-likeness (QED) is 0.151. The summed E-state index contributed by atoms with van der Waals surface area (Å²) in [6.07, 6.45) is -0.961. The van der Waals surface area contributed by atoms with E-state index in [2.05, 4.69) is 33.2 Å². The van der Waals surface area contributed by atoms with Crippen LogP contribution in [0, 0.1) is 24.1 Å². The molecule has 0 unspecified atom stereocenters. The van der Waals surface area contributed by atoms with Crippen molar-refractivity contribution < 1.29 is 22.4 Å². The zero-order chi connectivity index (χ0) is 37.0. The number of amides is 1. The molecule has 4 heterocycles. The number of carbonyl (C=O) groups is 1. The molecule has 6 rings (SSSR count). The van der Waals surface area contributed by atoms with Crippen molar-refractivity contribution in [2.75, 3.05) is 59.3 Å². The predicted molar refractivity (Wildman–Crippen MR) is 189 cm³/mol. The Kier molecular flexibility index (Phi) is 9.77. The number of fused-ring (bicyclic) bond motifs is 3. The van der Waals surface area contributed by atoms with E-state index in [1.165, 1.54) is 18.2 Å². The third-order valence-corrected chi connectivity index (χ3v) is 10.7. The average Bonchev–Trinajstić information content (AvgIpc) is 3.49. The van der Waals surface area contributed by atoms with Gasteiger partial charge in [0.25, 0.3) is 0 Å². The van der Waals surface area contributed by atoms with Gasteiger partial charge in [-0.15, -0.1) is 5.10 Å². The molecule has 2 aromatic heterocycles. The second-order valence-corrected chi connectivity index (χ2v) is 14.6. The van der Waals surface area contributed by atoms with E-state index in [0.717, 1.165) is 6.07 Å². The highest BCUT2D eigenvalue weighted by atomic mass is 35.5. The maximum atomic E-state index is 17.0. The van der Waals surface area contributed by atoms with Crippen molar-refractivity contribution in [2.24, 2.45) is 0 Å². The molecule has 0 saturated carbocycles. The number of likely N-dealkylation sites (tertiary alicyclic amines) is 1. The molecule has 10 nitrogen and oxygen atoms in total. The molecule has 0 aliphatic carbocycles. The van der Waals surface area contributed by atoms with Crippen molar-refractivity contribution in [2.45, 2.75) is 56.9 Å². The summed E-state index contributed by atoms with van der Waals surface area (Å²) in [6, 6.07) is 6.72. The van der Waals surface area contributed by atoms with E-state index >= 15 is 4.39 Å². The molecule has 2 atom stereocenters. The van der Waals surface area contributed by atoms with Crippen LogP contribution < -0.4 is 4.90 Å². The van der Waals surface area contributed by atoms with Gasteiger partial charge in [0, 0.05) is 54.8 Å². The second kappa shape index (κ2) is 13.7. The Labute approximate surface area is 298 Å². The summed E-state index contributed by atoms with van der Waals surface area (Å²) in [5.74, 6) is -1.06. The van der Waals surface area contributed by atoms with E-state index in [1.54, 1.807) is 28.6 Å². The fourth-order valence-electron chi connectivity index (χ4n) is 7.10. The largest absolute Gasteiger partial charge is 0.417 e. The van der Waals surface area contributed by atoms with Crippen LogP contribution in [-0.2, 0) is 11.0 Å². The van der Waals surface area contributed by atoms with E-state index in [4.69, 9.17) is 11.6 Å². The lowest BCUT2D eigenvalue weighted by Gasteiger charge is -2.52. The number of rotatable bonds is 8. The number of nitriles is 1. The molecule has 51 heavy (non-hydrogen) atoms. The zero-order valence-corrected chi connectivity index (χ0v) is 30.1. The average molecular weight is 726 g/mol. The van der Waals surface area contributed by atoms with Gasteiger partial charge in [-0.2, -0.15) is 18.4 Å². The number of hydrogen-bond acceptors (Lipinski definition) is 8. The van der Waals surface area contributed by atoms with Gasteiger partial charge in [0.05, 0.1) is 34.7 Å². The SMILES string of the molecule is Cc1cccc(-c2c(C(F)(F)F)cc3c(nc(N4CC(C)(N(C)C)C4)c4nnn([C@H]5CCN(C(=O)/C=C/CN(C)C)[C@H](CC#N)C5)c43)c2F)c1Cl. The van der Waals surface area contributed by atoms with Crippen LogP contribution in [0.5, 0.6) is 0 Å². The van der Waals surface area contributed by atoms with Gasteiger partial charge in [0.15, 0.2) is 17.2 Å². The Bertz CT molecular complexity index is 2060.